The molecule has 0 aliphatic rings. The highest BCUT2D eigenvalue weighted by Gasteiger charge is 2.17. The summed E-state index contributed by atoms with van der Waals surface area (Å²) in [6, 6.07) is 0.600. The number of nitrogens with zero attached hydrogens (tertiary/aromatic N) is 2. The second-order valence-electron chi connectivity index (χ2n) is 2.25. The first-order chi connectivity index (χ1) is 5.52. The van der Waals surface area contributed by atoms with Crippen LogP contribution in [0.2, 0.25) is 0 Å². The van der Waals surface area contributed by atoms with E-state index in [0.29, 0.717) is 6.07 Å². The maximum atomic E-state index is 12.5. The summed E-state index contributed by atoms with van der Waals surface area (Å²) in [6.45, 7) is 1.37. The monoisotopic (exact) mass is 172 g/mol. The average Bonchev–Trinajstić information content (AvgIpc) is 1.96. The molecule has 0 unspecified atom stereocenters. The molecule has 1 heterocycles. The van der Waals surface area contributed by atoms with Gasteiger partial charge in [-0.3, -0.25) is 10.1 Å². The van der Waals surface area contributed by atoms with Crippen LogP contribution < -0.4 is 4.73 Å². The fraction of sp³-hybridized carbons (Fsp3) is 0.167. The lowest BCUT2D eigenvalue weighted by molar-refractivity contribution is -0.638. The van der Waals surface area contributed by atoms with Gasteiger partial charge < -0.3 is 5.21 Å². The molecule has 0 bridgehead atoms. The van der Waals surface area contributed by atoms with E-state index in [0.717, 1.165) is 6.20 Å². The Bertz CT molecular complexity index is 340. The Balaban J connectivity index is 3.33. The minimum absolute atomic E-state index is 0.0532. The first kappa shape index (κ1) is 8.38. The van der Waals surface area contributed by atoms with Gasteiger partial charge in [0.05, 0.1) is 10.5 Å². The van der Waals surface area contributed by atoms with Gasteiger partial charge in [-0.15, -0.1) is 9.12 Å². The summed E-state index contributed by atoms with van der Waals surface area (Å²) in [5, 5.41) is 20.7. The zero-order chi connectivity index (χ0) is 9.30. The molecule has 5 nitrogen and oxygen atoms in total. The number of hydrogen-bond acceptors (Lipinski definition) is 3. The van der Waals surface area contributed by atoms with E-state index in [4.69, 9.17) is 0 Å². The number of pyridine rings is 1. The molecule has 0 aromatic carbocycles. The van der Waals surface area contributed by atoms with Crippen LogP contribution in [0.3, 0.4) is 0 Å². The Kier molecular flexibility index (Phi) is 1.90. The zero-order valence-corrected chi connectivity index (χ0v) is 6.15. The largest absolute Gasteiger partial charge is 0.617 e. The summed E-state index contributed by atoms with van der Waals surface area (Å²) in [5.41, 5.74) is -0.254. The summed E-state index contributed by atoms with van der Waals surface area (Å²) in [7, 11) is 0. The summed E-state index contributed by atoms with van der Waals surface area (Å²) >= 11 is 0. The summed E-state index contributed by atoms with van der Waals surface area (Å²) in [5.74, 6) is -1.17. The Hall–Kier alpha value is -1.72. The lowest BCUT2D eigenvalue weighted by Crippen LogP contribution is -2.31. The van der Waals surface area contributed by atoms with Gasteiger partial charge in [0.25, 0.3) is 5.69 Å². The fourth-order valence-electron chi connectivity index (χ4n) is 0.791. The van der Waals surface area contributed by atoms with Gasteiger partial charge in [0, 0.05) is 0 Å². The van der Waals surface area contributed by atoms with Crippen LogP contribution in [-0.4, -0.2) is 4.92 Å². The molecule has 6 heteroatoms. The van der Waals surface area contributed by atoms with Crippen LogP contribution in [-0.2, 0) is 0 Å². The summed E-state index contributed by atoms with van der Waals surface area (Å²) in [4.78, 5) is 9.48. The van der Waals surface area contributed by atoms with Crippen molar-refractivity contribution in [3.8, 4) is 0 Å². The van der Waals surface area contributed by atoms with E-state index in [9.17, 15) is 19.7 Å². The maximum Gasteiger partial charge on any atom is 0.377 e. The maximum absolute atomic E-state index is 12.5. The second-order valence-corrected chi connectivity index (χ2v) is 2.25. The van der Waals surface area contributed by atoms with Crippen LogP contribution in [0.1, 0.15) is 5.56 Å². The highest BCUT2D eigenvalue weighted by Crippen LogP contribution is 2.14. The predicted molar refractivity (Wildman–Crippen MR) is 36.8 cm³/mol. The van der Waals surface area contributed by atoms with Crippen molar-refractivity contribution in [2.45, 2.75) is 6.92 Å². The lowest BCUT2D eigenvalue weighted by Gasteiger charge is -1.98. The zero-order valence-electron chi connectivity index (χ0n) is 6.15. The van der Waals surface area contributed by atoms with Gasteiger partial charge in [-0.1, -0.05) is 0 Å². The Labute approximate surface area is 66.8 Å². The fourth-order valence-corrected chi connectivity index (χ4v) is 0.791. The summed E-state index contributed by atoms with van der Waals surface area (Å²) in [6.07, 6.45) is 0.827. The van der Waals surface area contributed by atoms with Gasteiger partial charge in [0.2, 0.25) is 0 Å². The first-order valence-electron chi connectivity index (χ1n) is 3.06. The predicted octanol–water partition coefficient (Wildman–Crippen LogP) is 0.676. The van der Waals surface area contributed by atoms with Gasteiger partial charge in [0.15, 0.2) is 6.20 Å². The standard InChI is InChI=1S/C6H5FN2O3/c1-4-3-8(10)6(7)2-5(4)9(11)12/h2-3H,1H3. The van der Waals surface area contributed by atoms with Crippen molar-refractivity contribution < 1.29 is 14.0 Å². The highest BCUT2D eigenvalue weighted by atomic mass is 19.1. The molecular formula is C6H5FN2O3. The number of aromatic nitrogens is 1. The molecule has 0 radical (unpaired) electrons. The van der Waals surface area contributed by atoms with Gasteiger partial charge in [-0.2, -0.15) is 0 Å². The number of nitro groups is 1. The molecule has 0 spiro atoms. The number of halogens is 1. The van der Waals surface area contributed by atoms with Crippen LogP contribution in [0, 0.1) is 28.2 Å². The number of hydrogen-bond donors (Lipinski definition) is 0. The van der Waals surface area contributed by atoms with Crippen LogP contribution in [0.15, 0.2) is 12.3 Å². The van der Waals surface area contributed by atoms with Crippen LogP contribution in [0.5, 0.6) is 0 Å². The molecule has 1 aromatic heterocycles. The molecule has 0 aliphatic carbocycles. The van der Waals surface area contributed by atoms with E-state index in [1.54, 1.807) is 0 Å². The van der Waals surface area contributed by atoms with Crippen LogP contribution >= 0.6 is 0 Å². The van der Waals surface area contributed by atoms with Gasteiger partial charge in [-0.05, 0) is 6.92 Å². The smallest absolute Gasteiger partial charge is 0.377 e. The van der Waals surface area contributed by atoms with Crippen molar-refractivity contribution in [2.75, 3.05) is 0 Å². The molecule has 0 saturated carbocycles. The van der Waals surface area contributed by atoms with Crippen molar-refractivity contribution in [1.82, 2.24) is 0 Å². The third-order valence-corrected chi connectivity index (χ3v) is 1.38. The van der Waals surface area contributed by atoms with Crippen molar-refractivity contribution in [1.29, 1.82) is 0 Å². The molecule has 1 rings (SSSR count). The SMILES string of the molecule is Cc1c[n+]([O-])c(F)cc1[N+](=O)[O-]. The van der Waals surface area contributed by atoms with E-state index in [1.807, 2.05) is 0 Å². The number of rotatable bonds is 1. The topological polar surface area (TPSA) is 70.1 Å². The Morgan fingerprint density at radius 1 is 1.67 bits per heavy atom. The molecule has 0 N–H and O–H groups in total. The van der Waals surface area contributed by atoms with E-state index >= 15 is 0 Å². The normalized spacial score (nSPS) is 9.83. The quantitative estimate of drug-likeness (QED) is 0.205. The highest BCUT2D eigenvalue weighted by molar-refractivity contribution is 5.34. The van der Waals surface area contributed by atoms with Crippen molar-refractivity contribution in [2.24, 2.45) is 0 Å². The molecule has 64 valence electrons. The van der Waals surface area contributed by atoms with Crippen LogP contribution in [0.25, 0.3) is 0 Å². The molecule has 0 amide bonds. The van der Waals surface area contributed by atoms with Gasteiger partial charge in [0.1, 0.15) is 6.07 Å². The Morgan fingerprint density at radius 3 is 2.75 bits per heavy atom. The van der Waals surface area contributed by atoms with E-state index in [2.05, 4.69) is 0 Å². The molecule has 0 atom stereocenters. The molecule has 12 heavy (non-hydrogen) atoms. The van der Waals surface area contributed by atoms with E-state index in [-0.39, 0.29) is 16.0 Å². The van der Waals surface area contributed by atoms with Crippen molar-refractivity contribution >= 4 is 5.69 Å². The molecule has 0 aliphatic heterocycles. The lowest BCUT2D eigenvalue weighted by atomic mass is 10.3. The van der Waals surface area contributed by atoms with E-state index in [1.165, 1.54) is 6.92 Å². The minimum atomic E-state index is -1.17. The molecule has 0 saturated heterocycles. The second kappa shape index (κ2) is 2.72. The third kappa shape index (κ3) is 1.31. The first-order valence-corrected chi connectivity index (χ1v) is 3.06. The van der Waals surface area contributed by atoms with Gasteiger partial charge in [-0.25, -0.2) is 0 Å². The third-order valence-electron chi connectivity index (χ3n) is 1.38. The summed E-state index contributed by atoms with van der Waals surface area (Å²) < 4.78 is 12.4. The average molecular weight is 172 g/mol. The molecule has 1 aromatic rings. The number of aryl methyl sites for hydroxylation is 1. The Morgan fingerprint density at radius 2 is 2.25 bits per heavy atom. The molecular weight excluding hydrogens is 167 g/mol. The van der Waals surface area contributed by atoms with Gasteiger partial charge >= 0.3 is 5.95 Å². The van der Waals surface area contributed by atoms with E-state index < -0.39 is 10.9 Å². The van der Waals surface area contributed by atoms with Crippen molar-refractivity contribution in [3.63, 3.8) is 0 Å². The minimum Gasteiger partial charge on any atom is -0.617 e. The van der Waals surface area contributed by atoms with Crippen molar-refractivity contribution in [3.05, 3.63) is 39.1 Å². The molecule has 0 fully saturated rings. The van der Waals surface area contributed by atoms with Crippen LogP contribution in [0.4, 0.5) is 10.1 Å².